The summed E-state index contributed by atoms with van der Waals surface area (Å²) in [6.45, 7) is 7.39. The van der Waals surface area contributed by atoms with Crippen molar-refractivity contribution in [3.8, 4) is 0 Å². The standard InChI is InChI=1S/C15H22N4/c1-15(2,3)17-10-11-7-8-13-12(9-11)5-4-6-14(13)18-19-16/h7-9,14,17H,4-6,10H2,1-3H3. The van der Waals surface area contributed by atoms with Crippen molar-refractivity contribution in [1.29, 1.82) is 0 Å². The maximum atomic E-state index is 8.62. The van der Waals surface area contributed by atoms with Gasteiger partial charge >= 0.3 is 0 Å². The lowest BCUT2D eigenvalue weighted by Gasteiger charge is -2.24. The number of aryl methyl sites for hydroxylation is 1. The van der Waals surface area contributed by atoms with E-state index in [1.54, 1.807) is 0 Å². The van der Waals surface area contributed by atoms with Crippen LogP contribution in [0.15, 0.2) is 23.3 Å². The Kier molecular flexibility index (Phi) is 4.13. The van der Waals surface area contributed by atoms with Crippen LogP contribution in [0.4, 0.5) is 0 Å². The molecule has 0 fully saturated rings. The quantitative estimate of drug-likeness (QED) is 0.491. The Bertz CT molecular complexity index is 495. The summed E-state index contributed by atoms with van der Waals surface area (Å²) in [4.78, 5) is 2.96. The molecular weight excluding hydrogens is 236 g/mol. The largest absolute Gasteiger partial charge is 0.308 e. The molecule has 0 aromatic heterocycles. The molecule has 19 heavy (non-hydrogen) atoms. The first-order valence-corrected chi connectivity index (χ1v) is 6.90. The SMILES string of the molecule is CC(C)(C)NCc1ccc2c(c1)CCCC2N=[N+]=[N-]. The summed E-state index contributed by atoms with van der Waals surface area (Å²) in [6, 6.07) is 6.56. The second kappa shape index (κ2) is 5.64. The molecule has 0 heterocycles. The van der Waals surface area contributed by atoms with Crippen LogP contribution in [0.5, 0.6) is 0 Å². The van der Waals surface area contributed by atoms with E-state index in [0.29, 0.717) is 0 Å². The van der Waals surface area contributed by atoms with Gasteiger partial charge in [-0.3, -0.25) is 0 Å². The Morgan fingerprint density at radius 3 is 2.89 bits per heavy atom. The lowest BCUT2D eigenvalue weighted by molar-refractivity contribution is 0.424. The van der Waals surface area contributed by atoms with E-state index in [1.165, 1.54) is 16.7 Å². The Morgan fingerprint density at radius 2 is 2.21 bits per heavy atom. The van der Waals surface area contributed by atoms with Crippen LogP contribution in [0.3, 0.4) is 0 Å². The van der Waals surface area contributed by atoms with Gasteiger partial charge in [0.1, 0.15) is 0 Å². The topological polar surface area (TPSA) is 60.8 Å². The third-order valence-corrected chi connectivity index (χ3v) is 3.50. The van der Waals surface area contributed by atoms with E-state index in [-0.39, 0.29) is 11.6 Å². The number of fused-ring (bicyclic) bond motifs is 1. The van der Waals surface area contributed by atoms with Gasteiger partial charge in [0.25, 0.3) is 0 Å². The average Bonchev–Trinajstić information content (AvgIpc) is 2.36. The minimum atomic E-state index is 0.0263. The van der Waals surface area contributed by atoms with Crippen molar-refractivity contribution in [2.45, 2.75) is 58.2 Å². The Labute approximate surface area is 114 Å². The highest BCUT2D eigenvalue weighted by Crippen LogP contribution is 2.33. The van der Waals surface area contributed by atoms with Gasteiger partial charge in [-0.2, -0.15) is 0 Å². The number of azide groups is 1. The van der Waals surface area contributed by atoms with E-state index in [1.807, 2.05) is 0 Å². The molecule has 0 amide bonds. The molecular formula is C15H22N4. The van der Waals surface area contributed by atoms with Crippen molar-refractivity contribution in [3.63, 3.8) is 0 Å². The zero-order valence-corrected chi connectivity index (χ0v) is 12.0. The van der Waals surface area contributed by atoms with E-state index in [9.17, 15) is 0 Å². The number of hydrogen-bond acceptors (Lipinski definition) is 2. The summed E-state index contributed by atoms with van der Waals surface area (Å²) in [5.41, 5.74) is 12.6. The minimum absolute atomic E-state index is 0.0263. The fourth-order valence-corrected chi connectivity index (χ4v) is 2.50. The molecule has 4 nitrogen and oxygen atoms in total. The summed E-state index contributed by atoms with van der Waals surface area (Å²) in [5, 5.41) is 7.40. The van der Waals surface area contributed by atoms with Crippen molar-refractivity contribution in [2.24, 2.45) is 5.11 Å². The number of rotatable bonds is 3. The fraction of sp³-hybridized carbons (Fsp3) is 0.600. The van der Waals surface area contributed by atoms with Crippen LogP contribution in [0.25, 0.3) is 10.4 Å². The van der Waals surface area contributed by atoms with Gasteiger partial charge in [-0.25, -0.2) is 0 Å². The van der Waals surface area contributed by atoms with E-state index >= 15 is 0 Å². The monoisotopic (exact) mass is 258 g/mol. The van der Waals surface area contributed by atoms with E-state index in [4.69, 9.17) is 5.53 Å². The van der Waals surface area contributed by atoms with E-state index < -0.39 is 0 Å². The molecule has 1 unspecified atom stereocenters. The van der Waals surface area contributed by atoms with Crippen LogP contribution in [-0.2, 0) is 13.0 Å². The van der Waals surface area contributed by atoms with Crippen molar-refractivity contribution >= 4 is 0 Å². The van der Waals surface area contributed by atoms with Gasteiger partial charge in [-0.05, 0) is 62.3 Å². The Balaban J connectivity index is 2.17. The maximum absolute atomic E-state index is 8.62. The van der Waals surface area contributed by atoms with Gasteiger partial charge in [-0.15, -0.1) is 0 Å². The fourth-order valence-electron chi connectivity index (χ4n) is 2.50. The second-order valence-corrected chi connectivity index (χ2v) is 6.25. The summed E-state index contributed by atoms with van der Waals surface area (Å²) in [7, 11) is 0. The first-order chi connectivity index (χ1) is 8.99. The molecule has 2 rings (SSSR count). The highest BCUT2D eigenvalue weighted by atomic mass is 15.1. The number of hydrogen-bond donors (Lipinski definition) is 1. The van der Waals surface area contributed by atoms with Gasteiger partial charge in [0, 0.05) is 17.0 Å². The lowest BCUT2D eigenvalue weighted by atomic mass is 9.87. The molecule has 1 aliphatic carbocycles. The minimum Gasteiger partial charge on any atom is -0.308 e. The first-order valence-electron chi connectivity index (χ1n) is 6.90. The summed E-state index contributed by atoms with van der Waals surface area (Å²) >= 11 is 0. The molecule has 102 valence electrons. The predicted molar refractivity (Wildman–Crippen MR) is 77.9 cm³/mol. The molecule has 0 saturated heterocycles. The second-order valence-electron chi connectivity index (χ2n) is 6.25. The third-order valence-electron chi connectivity index (χ3n) is 3.50. The van der Waals surface area contributed by atoms with Crippen molar-refractivity contribution in [2.75, 3.05) is 0 Å². The smallest absolute Gasteiger partial charge is 0.0628 e. The van der Waals surface area contributed by atoms with Gasteiger partial charge in [0.05, 0.1) is 6.04 Å². The van der Waals surface area contributed by atoms with E-state index in [2.05, 4.69) is 54.3 Å². The summed E-state index contributed by atoms with van der Waals surface area (Å²) in [5.74, 6) is 0. The zero-order chi connectivity index (χ0) is 13.9. The lowest BCUT2D eigenvalue weighted by Crippen LogP contribution is -2.35. The third kappa shape index (κ3) is 3.72. The maximum Gasteiger partial charge on any atom is 0.0628 e. The van der Waals surface area contributed by atoms with Crippen LogP contribution in [0.2, 0.25) is 0 Å². The molecule has 4 heteroatoms. The average molecular weight is 258 g/mol. The molecule has 0 aliphatic heterocycles. The predicted octanol–water partition coefficient (Wildman–Crippen LogP) is 4.26. The molecule has 1 N–H and O–H groups in total. The molecule has 1 aromatic carbocycles. The van der Waals surface area contributed by atoms with Crippen LogP contribution in [0, 0.1) is 0 Å². The van der Waals surface area contributed by atoms with Crippen LogP contribution >= 0.6 is 0 Å². The summed E-state index contributed by atoms with van der Waals surface area (Å²) < 4.78 is 0. The number of benzene rings is 1. The van der Waals surface area contributed by atoms with Crippen LogP contribution in [0.1, 0.15) is 56.3 Å². The number of nitrogens with one attached hydrogen (secondary N) is 1. The molecule has 1 atom stereocenters. The van der Waals surface area contributed by atoms with Crippen molar-refractivity contribution in [3.05, 3.63) is 45.3 Å². The molecule has 0 bridgehead atoms. The van der Waals surface area contributed by atoms with Crippen LogP contribution < -0.4 is 5.32 Å². The van der Waals surface area contributed by atoms with Crippen molar-refractivity contribution in [1.82, 2.24) is 5.32 Å². The molecule has 0 spiro atoms. The molecule has 0 saturated carbocycles. The Morgan fingerprint density at radius 1 is 1.42 bits per heavy atom. The first kappa shape index (κ1) is 13.9. The highest BCUT2D eigenvalue weighted by Gasteiger charge is 2.19. The van der Waals surface area contributed by atoms with Gasteiger partial charge in [0.2, 0.25) is 0 Å². The molecule has 1 aliphatic rings. The van der Waals surface area contributed by atoms with Crippen molar-refractivity contribution < 1.29 is 0 Å². The zero-order valence-electron chi connectivity index (χ0n) is 12.0. The normalized spacial score (nSPS) is 18.6. The molecule has 0 radical (unpaired) electrons. The van der Waals surface area contributed by atoms with E-state index in [0.717, 1.165) is 25.8 Å². The Hall–Kier alpha value is -1.51. The van der Waals surface area contributed by atoms with Crippen LogP contribution in [-0.4, -0.2) is 5.54 Å². The summed E-state index contributed by atoms with van der Waals surface area (Å²) in [6.07, 6.45) is 3.17. The molecule has 1 aromatic rings. The number of nitrogens with zero attached hydrogens (tertiary/aromatic N) is 3. The highest BCUT2D eigenvalue weighted by molar-refractivity contribution is 5.36. The van der Waals surface area contributed by atoms with Gasteiger partial charge in [-0.1, -0.05) is 23.3 Å². The van der Waals surface area contributed by atoms with Gasteiger partial charge < -0.3 is 5.32 Å². The van der Waals surface area contributed by atoms with Gasteiger partial charge in [0.15, 0.2) is 0 Å².